The lowest BCUT2D eigenvalue weighted by Gasteiger charge is -2.25. The zero-order valence-electron chi connectivity index (χ0n) is 10.5. The van der Waals surface area contributed by atoms with Gasteiger partial charge in [0.15, 0.2) is 0 Å². The summed E-state index contributed by atoms with van der Waals surface area (Å²) in [6, 6.07) is 3.96. The van der Waals surface area contributed by atoms with Crippen LogP contribution in [0, 0.1) is 5.41 Å². The molecule has 0 aliphatic carbocycles. The van der Waals surface area contributed by atoms with E-state index in [-0.39, 0.29) is 0 Å². The number of nitrogens with one attached hydrogen (secondary N) is 1. The van der Waals surface area contributed by atoms with E-state index in [9.17, 15) is 0 Å². The van der Waals surface area contributed by atoms with Crippen molar-refractivity contribution in [1.29, 1.82) is 5.41 Å². The number of hydrogen-bond donors (Lipinski definition) is 2. The minimum Gasteiger partial charge on any atom is -0.398 e. The molecule has 0 aromatic heterocycles. The summed E-state index contributed by atoms with van der Waals surface area (Å²) in [6.45, 7) is 7.32. The highest BCUT2D eigenvalue weighted by Crippen LogP contribution is 2.32. The summed E-state index contributed by atoms with van der Waals surface area (Å²) < 4.78 is 0. The number of nitrogens with zero attached hydrogens (tertiary/aromatic N) is 1. The molecule has 0 bridgehead atoms. The van der Waals surface area contributed by atoms with Gasteiger partial charge in [0, 0.05) is 31.1 Å². The fourth-order valence-corrected chi connectivity index (χ4v) is 1.84. The molecule has 1 aromatic rings. The maximum absolute atomic E-state index is 7.50. The van der Waals surface area contributed by atoms with Gasteiger partial charge in [-0.05, 0) is 24.5 Å². The Hall–Kier alpha value is -1.51. The number of nitrogen functional groups attached to an aromatic ring is 1. The number of rotatable bonds is 4. The summed E-state index contributed by atoms with van der Waals surface area (Å²) in [5, 5.41) is 7.50. The minimum absolute atomic E-state index is 0.434. The third kappa shape index (κ3) is 2.18. The van der Waals surface area contributed by atoms with E-state index in [4.69, 9.17) is 11.1 Å². The molecule has 3 nitrogen and oxygen atoms in total. The van der Waals surface area contributed by atoms with E-state index < -0.39 is 0 Å². The molecule has 16 heavy (non-hydrogen) atoms. The summed E-state index contributed by atoms with van der Waals surface area (Å²) in [4.78, 5) is 2.14. The van der Waals surface area contributed by atoms with Gasteiger partial charge >= 0.3 is 0 Å². The summed E-state index contributed by atoms with van der Waals surface area (Å²) in [7, 11) is 2.04. The van der Waals surface area contributed by atoms with Crippen LogP contribution in [0.4, 0.5) is 11.4 Å². The zero-order chi connectivity index (χ0) is 12.3. The average Bonchev–Trinajstić information content (AvgIpc) is 2.27. The summed E-state index contributed by atoms with van der Waals surface area (Å²) in [5.41, 5.74) is 9.76. The van der Waals surface area contributed by atoms with Crippen LogP contribution < -0.4 is 10.6 Å². The van der Waals surface area contributed by atoms with Crippen molar-refractivity contribution >= 4 is 17.6 Å². The maximum Gasteiger partial charge on any atom is 0.0508 e. The Morgan fingerprint density at radius 2 is 2.06 bits per heavy atom. The summed E-state index contributed by atoms with van der Waals surface area (Å²) >= 11 is 0. The molecule has 3 N–H and O–H groups in total. The van der Waals surface area contributed by atoms with Crippen LogP contribution >= 0.6 is 0 Å². The molecule has 0 saturated carbocycles. The van der Waals surface area contributed by atoms with Crippen LogP contribution in [-0.2, 0) is 0 Å². The monoisotopic (exact) mass is 219 g/mol. The SMILES string of the molecule is CCN(C)c1c(C(C)C)ccc(N)c1C=N. The van der Waals surface area contributed by atoms with Crippen LogP contribution in [0.3, 0.4) is 0 Å². The summed E-state index contributed by atoms with van der Waals surface area (Å²) in [5.74, 6) is 0.434. The zero-order valence-corrected chi connectivity index (χ0v) is 10.5. The van der Waals surface area contributed by atoms with Crippen LogP contribution in [0.5, 0.6) is 0 Å². The molecular formula is C13H21N3. The van der Waals surface area contributed by atoms with E-state index in [0.29, 0.717) is 11.6 Å². The highest BCUT2D eigenvalue weighted by Gasteiger charge is 2.15. The van der Waals surface area contributed by atoms with Gasteiger partial charge in [0.05, 0.1) is 5.69 Å². The quantitative estimate of drug-likeness (QED) is 0.604. The topological polar surface area (TPSA) is 53.1 Å². The van der Waals surface area contributed by atoms with E-state index in [1.807, 2.05) is 13.1 Å². The van der Waals surface area contributed by atoms with Gasteiger partial charge in [0.2, 0.25) is 0 Å². The van der Waals surface area contributed by atoms with E-state index in [2.05, 4.69) is 31.7 Å². The van der Waals surface area contributed by atoms with Crippen LogP contribution in [0.25, 0.3) is 0 Å². The van der Waals surface area contributed by atoms with Crippen LogP contribution in [0.2, 0.25) is 0 Å². The minimum atomic E-state index is 0.434. The van der Waals surface area contributed by atoms with Crippen molar-refractivity contribution in [2.45, 2.75) is 26.7 Å². The van der Waals surface area contributed by atoms with Gasteiger partial charge in [0.1, 0.15) is 0 Å². The van der Waals surface area contributed by atoms with Crippen molar-refractivity contribution in [3.63, 3.8) is 0 Å². The molecule has 0 amide bonds. The van der Waals surface area contributed by atoms with Crippen molar-refractivity contribution in [2.24, 2.45) is 0 Å². The molecule has 0 fully saturated rings. The van der Waals surface area contributed by atoms with E-state index in [0.717, 1.165) is 17.8 Å². The number of benzene rings is 1. The second-order valence-corrected chi connectivity index (χ2v) is 4.32. The largest absolute Gasteiger partial charge is 0.398 e. The highest BCUT2D eigenvalue weighted by atomic mass is 15.1. The standard InChI is InChI=1S/C13H21N3/c1-5-16(4)13-10(9(2)3)6-7-12(15)11(13)8-14/h6-9,14H,5,15H2,1-4H3. The van der Waals surface area contributed by atoms with Gasteiger partial charge in [-0.3, -0.25) is 0 Å². The number of nitrogens with two attached hydrogens (primary N) is 1. The lowest BCUT2D eigenvalue weighted by molar-refractivity contribution is 0.846. The third-order valence-electron chi connectivity index (χ3n) is 2.90. The molecule has 0 spiro atoms. The molecule has 0 aliphatic rings. The molecule has 3 heteroatoms. The van der Waals surface area contributed by atoms with Crippen molar-refractivity contribution in [2.75, 3.05) is 24.2 Å². The highest BCUT2D eigenvalue weighted by molar-refractivity contribution is 5.94. The molecule has 1 aromatic carbocycles. The van der Waals surface area contributed by atoms with Gasteiger partial charge in [-0.25, -0.2) is 0 Å². The Morgan fingerprint density at radius 3 is 2.50 bits per heavy atom. The molecule has 0 aliphatic heterocycles. The van der Waals surface area contributed by atoms with Gasteiger partial charge in [-0.2, -0.15) is 0 Å². The Labute approximate surface area is 97.8 Å². The smallest absolute Gasteiger partial charge is 0.0508 e. The maximum atomic E-state index is 7.50. The molecule has 1 rings (SSSR count). The second-order valence-electron chi connectivity index (χ2n) is 4.32. The lowest BCUT2D eigenvalue weighted by Crippen LogP contribution is -2.20. The van der Waals surface area contributed by atoms with Crippen molar-refractivity contribution in [3.05, 3.63) is 23.3 Å². The fourth-order valence-electron chi connectivity index (χ4n) is 1.84. The van der Waals surface area contributed by atoms with Crippen molar-refractivity contribution < 1.29 is 0 Å². The first-order valence-electron chi connectivity index (χ1n) is 5.66. The van der Waals surface area contributed by atoms with Gasteiger partial charge < -0.3 is 16.0 Å². The first-order chi connectivity index (χ1) is 7.52. The fraction of sp³-hybridized carbons (Fsp3) is 0.462. The second kappa shape index (κ2) is 5.01. The van der Waals surface area contributed by atoms with Crippen molar-refractivity contribution in [1.82, 2.24) is 0 Å². The molecule has 0 saturated heterocycles. The normalized spacial score (nSPS) is 10.6. The predicted octanol–water partition coefficient (Wildman–Crippen LogP) is 2.85. The Balaban J connectivity index is 3.46. The Kier molecular flexibility index (Phi) is 3.93. The molecule has 0 atom stereocenters. The molecule has 0 unspecified atom stereocenters. The predicted molar refractivity (Wildman–Crippen MR) is 71.8 cm³/mol. The first-order valence-corrected chi connectivity index (χ1v) is 5.66. The number of anilines is 2. The van der Waals surface area contributed by atoms with E-state index in [1.165, 1.54) is 11.8 Å². The van der Waals surface area contributed by atoms with Crippen LogP contribution in [-0.4, -0.2) is 19.8 Å². The molecule has 88 valence electrons. The van der Waals surface area contributed by atoms with Crippen LogP contribution in [0.1, 0.15) is 37.8 Å². The molecule has 0 radical (unpaired) electrons. The molecular weight excluding hydrogens is 198 g/mol. The Morgan fingerprint density at radius 1 is 1.44 bits per heavy atom. The third-order valence-corrected chi connectivity index (χ3v) is 2.90. The van der Waals surface area contributed by atoms with E-state index >= 15 is 0 Å². The summed E-state index contributed by atoms with van der Waals surface area (Å²) in [6.07, 6.45) is 1.35. The van der Waals surface area contributed by atoms with Gasteiger partial charge in [-0.1, -0.05) is 19.9 Å². The number of hydrogen-bond acceptors (Lipinski definition) is 3. The van der Waals surface area contributed by atoms with Crippen molar-refractivity contribution in [3.8, 4) is 0 Å². The molecule has 0 heterocycles. The van der Waals surface area contributed by atoms with Gasteiger partial charge in [0.25, 0.3) is 0 Å². The average molecular weight is 219 g/mol. The van der Waals surface area contributed by atoms with Gasteiger partial charge in [-0.15, -0.1) is 0 Å². The Bertz CT molecular complexity index is 383. The van der Waals surface area contributed by atoms with E-state index in [1.54, 1.807) is 0 Å². The van der Waals surface area contributed by atoms with Crippen LogP contribution in [0.15, 0.2) is 12.1 Å². The lowest BCUT2D eigenvalue weighted by atomic mass is 9.96. The first kappa shape index (κ1) is 12.6.